The quantitative estimate of drug-likeness (QED) is 0.666. The maximum absolute atomic E-state index is 5.38. The number of hydrogen-bond acceptors (Lipinski definition) is 2. The van der Waals surface area contributed by atoms with Gasteiger partial charge in [-0.25, -0.2) is 0 Å². The van der Waals surface area contributed by atoms with E-state index in [1.54, 1.807) is 7.11 Å². The van der Waals surface area contributed by atoms with Crippen molar-refractivity contribution in [3.8, 4) is 5.75 Å². The lowest BCUT2D eigenvalue weighted by atomic mass is 10.0. The lowest BCUT2D eigenvalue weighted by Gasteiger charge is -2.27. The maximum Gasteiger partial charge on any atom is 0.124 e. The Kier molecular flexibility index (Phi) is 2.00. The molecule has 0 amide bonds. The highest BCUT2D eigenvalue weighted by Crippen LogP contribution is 2.34. The molecule has 12 heavy (non-hydrogen) atoms. The first kappa shape index (κ1) is 7.62. The molecule has 0 aliphatic carbocycles. The Hall–Kier alpha value is -1.02. The van der Waals surface area contributed by atoms with Crippen LogP contribution in [-0.2, 0) is 4.74 Å². The Morgan fingerprint density at radius 1 is 1.42 bits per heavy atom. The summed E-state index contributed by atoms with van der Waals surface area (Å²) in [7, 11) is 1.69. The largest absolute Gasteiger partial charge is 0.496 e. The maximum atomic E-state index is 5.38. The van der Waals surface area contributed by atoms with Crippen molar-refractivity contribution in [2.45, 2.75) is 12.5 Å². The van der Waals surface area contributed by atoms with Crippen molar-refractivity contribution in [2.75, 3.05) is 13.7 Å². The van der Waals surface area contributed by atoms with Crippen molar-refractivity contribution < 1.29 is 9.47 Å². The van der Waals surface area contributed by atoms with Gasteiger partial charge in [0, 0.05) is 12.0 Å². The molecule has 2 heteroatoms. The third-order valence-corrected chi connectivity index (χ3v) is 2.18. The summed E-state index contributed by atoms with van der Waals surface area (Å²) < 4.78 is 10.6. The van der Waals surface area contributed by atoms with Gasteiger partial charge in [0.2, 0.25) is 0 Å². The van der Waals surface area contributed by atoms with Gasteiger partial charge in [-0.1, -0.05) is 18.2 Å². The van der Waals surface area contributed by atoms with Gasteiger partial charge in [-0.15, -0.1) is 0 Å². The van der Waals surface area contributed by atoms with E-state index in [-0.39, 0.29) is 6.10 Å². The predicted octanol–water partition coefficient (Wildman–Crippen LogP) is 2.16. The predicted molar refractivity (Wildman–Crippen MR) is 46.3 cm³/mol. The van der Waals surface area contributed by atoms with Crippen molar-refractivity contribution in [1.29, 1.82) is 0 Å². The molecule has 0 bridgehead atoms. The van der Waals surface area contributed by atoms with Gasteiger partial charge in [0.15, 0.2) is 0 Å². The second-order valence-electron chi connectivity index (χ2n) is 2.89. The minimum Gasteiger partial charge on any atom is -0.496 e. The molecule has 1 heterocycles. The molecule has 1 unspecified atom stereocenters. The van der Waals surface area contributed by atoms with E-state index in [0.717, 1.165) is 18.8 Å². The van der Waals surface area contributed by atoms with E-state index in [1.807, 2.05) is 18.2 Å². The Balaban J connectivity index is 2.27. The van der Waals surface area contributed by atoms with Gasteiger partial charge in [-0.05, 0) is 6.07 Å². The second kappa shape index (κ2) is 3.15. The van der Waals surface area contributed by atoms with Crippen molar-refractivity contribution in [3.63, 3.8) is 0 Å². The molecule has 0 N–H and O–H groups in total. The van der Waals surface area contributed by atoms with Crippen LogP contribution in [0.1, 0.15) is 18.1 Å². The van der Waals surface area contributed by atoms with Gasteiger partial charge in [-0.3, -0.25) is 0 Å². The van der Waals surface area contributed by atoms with Crippen molar-refractivity contribution in [2.24, 2.45) is 0 Å². The second-order valence-corrected chi connectivity index (χ2v) is 2.89. The number of hydrogen-bond donors (Lipinski definition) is 0. The summed E-state index contributed by atoms with van der Waals surface area (Å²) in [6.07, 6.45) is 1.38. The number of para-hydroxylation sites is 1. The summed E-state index contributed by atoms with van der Waals surface area (Å²) >= 11 is 0. The highest BCUT2D eigenvalue weighted by atomic mass is 16.5. The van der Waals surface area contributed by atoms with Gasteiger partial charge in [0.1, 0.15) is 5.75 Å². The van der Waals surface area contributed by atoms with E-state index < -0.39 is 0 Å². The summed E-state index contributed by atoms with van der Waals surface area (Å²) in [6.45, 7) is 0.878. The number of methoxy groups -OCH3 is 1. The van der Waals surface area contributed by atoms with E-state index >= 15 is 0 Å². The Bertz CT molecular complexity index is 266. The zero-order valence-corrected chi connectivity index (χ0v) is 7.12. The van der Waals surface area contributed by atoms with Crippen LogP contribution < -0.4 is 4.74 Å². The van der Waals surface area contributed by atoms with Crippen molar-refractivity contribution in [1.82, 2.24) is 0 Å². The lowest BCUT2D eigenvalue weighted by molar-refractivity contribution is -0.0537. The molecule has 64 valence electrons. The molecule has 0 radical (unpaired) electrons. The highest BCUT2D eigenvalue weighted by Gasteiger charge is 2.22. The van der Waals surface area contributed by atoms with Crippen LogP contribution in [0.2, 0.25) is 0 Å². The van der Waals surface area contributed by atoms with Gasteiger partial charge >= 0.3 is 0 Å². The van der Waals surface area contributed by atoms with E-state index in [9.17, 15) is 0 Å². The first-order valence-electron chi connectivity index (χ1n) is 4.16. The summed E-state index contributed by atoms with van der Waals surface area (Å²) in [5, 5.41) is 0. The van der Waals surface area contributed by atoms with Crippen LogP contribution in [0.3, 0.4) is 0 Å². The third kappa shape index (κ3) is 1.18. The smallest absolute Gasteiger partial charge is 0.124 e. The van der Waals surface area contributed by atoms with Gasteiger partial charge in [0.25, 0.3) is 0 Å². The molecule has 1 fully saturated rings. The van der Waals surface area contributed by atoms with E-state index in [4.69, 9.17) is 9.47 Å². The lowest BCUT2D eigenvalue weighted by Crippen LogP contribution is -2.18. The topological polar surface area (TPSA) is 18.5 Å². The fourth-order valence-electron chi connectivity index (χ4n) is 1.41. The van der Waals surface area contributed by atoms with Crippen molar-refractivity contribution >= 4 is 0 Å². The molecule has 1 saturated heterocycles. The van der Waals surface area contributed by atoms with Crippen LogP contribution >= 0.6 is 0 Å². The molecular formula is C10H12O2. The summed E-state index contributed by atoms with van der Waals surface area (Å²) in [5.74, 6) is 0.933. The molecule has 1 aromatic carbocycles. The van der Waals surface area contributed by atoms with Gasteiger partial charge < -0.3 is 9.47 Å². The zero-order valence-electron chi connectivity index (χ0n) is 7.12. The first-order valence-corrected chi connectivity index (χ1v) is 4.16. The minimum absolute atomic E-state index is 0.265. The highest BCUT2D eigenvalue weighted by molar-refractivity contribution is 5.35. The Morgan fingerprint density at radius 2 is 2.17 bits per heavy atom. The summed E-state index contributed by atoms with van der Waals surface area (Å²) in [6, 6.07) is 8.01. The van der Waals surface area contributed by atoms with Crippen LogP contribution in [0.15, 0.2) is 24.3 Å². The van der Waals surface area contributed by atoms with E-state index in [1.165, 1.54) is 5.56 Å². The normalized spacial score (nSPS) is 21.6. The monoisotopic (exact) mass is 164 g/mol. The average Bonchev–Trinajstić information content (AvgIpc) is 2.02. The standard InChI is InChI=1S/C10H12O2/c1-11-9-5-3-2-4-8(9)10-6-7-12-10/h2-5,10H,6-7H2,1H3. The fraction of sp³-hybridized carbons (Fsp3) is 0.400. The number of rotatable bonds is 2. The number of benzene rings is 1. The van der Waals surface area contributed by atoms with E-state index in [2.05, 4.69) is 6.07 Å². The molecule has 1 aliphatic heterocycles. The summed E-state index contributed by atoms with van der Waals surface area (Å²) in [4.78, 5) is 0. The van der Waals surface area contributed by atoms with Gasteiger partial charge in [0.05, 0.1) is 19.8 Å². The average molecular weight is 164 g/mol. The fourth-order valence-corrected chi connectivity index (χ4v) is 1.41. The van der Waals surface area contributed by atoms with Crippen molar-refractivity contribution in [3.05, 3.63) is 29.8 Å². The van der Waals surface area contributed by atoms with Crippen LogP contribution in [0, 0.1) is 0 Å². The molecule has 1 aliphatic rings. The Morgan fingerprint density at radius 3 is 2.75 bits per heavy atom. The zero-order chi connectivity index (χ0) is 8.39. The third-order valence-electron chi connectivity index (χ3n) is 2.18. The van der Waals surface area contributed by atoms with E-state index in [0.29, 0.717) is 0 Å². The summed E-state index contributed by atoms with van der Waals surface area (Å²) in [5.41, 5.74) is 1.17. The first-order chi connectivity index (χ1) is 5.92. The van der Waals surface area contributed by atoms with Crippen LogP contribution in [-0.4, -0.2) is 13.7 Å². The molecular weight excluding hydrogens is 152 g/mol. The molecule has 1 atom stereocenters. The minimum atomic E-state index is 0.265. The SMILES string of the molecule is COc1ccccc1C1CCO1. The number of ether oxygens (including phenoxy) is 2. The molecule has 0 aromatic heterocycles. The molecule has 0 saturated carbocycles. The van der Waals surface area contributed by atoms with Gasteiger partial charge in [-0.2, -0.15) is 0 Å². The van der Waals surface area contributed by atoms with Crippen LogP contribution in [0.4, 0.5) is 0 Å². The molecule has 1 aromatic rings. The molecule has 2 nitrogen and oxygen atoms in total. The molecule has 2 rings (SSSR count). The Labute approximate surface area is 72.1 Å². The molecule has 0 spiro atoms. The van der Waals surface area contributed by atoms with Crippen LogP contribution in [0.25, 0.3) is 0 Å². The van der Waals surface area contributed by atoms with Crippen LogP contribution in [0.5, 0.6) is 5.75 Å².